The summed E-state index contributed by atoms with van der Waals surface area (Å²) in [6.45, 7) is 15.8. The molecule has 0 fully saturated rings. The van der Waals surface area contributed by atoms with Crippen molar-refractivity contribution in [1.29, 1.82) is 0 Å². The minimum absolute atomic E-state index is 0.00855. The fourth-order valence-electron chi connectivity index (χ4n) is 8.10. The molecule has 0 saturated heterocycles. The number of ether oxygens (including phenoxy) is 5. The number of carbonyl (C=O) groups excluding carboxylic acids is 7. The first-order chi connectivity index (χ1) is 38.3. The molecule has 0 aromatic rings. The SMILES string of the molecule is CCCCCCCC/C=C\CCCCCCCC(=O)OC(CCOC(=O)CCC(=O)NCCSSCCNC(=O)C(CCCNC(=O)OC(C)(C)C)NC(=O)OC(C)(C)C)OC(=O)CCCCCCC/C=C\CCCCCCCC. The van der Waals surface area contributed by atoms with Gasteiger partial charge in [-0.2, -0.15) is 0 Å². The molecule has 0 heterocycles. The molecule has 18 heteroatoms. The predicted molar refractivity (Wildman–Crippen MR) is 327 cm³/mol. The van der Waals surface area contributed by atoms with Crippen LogP contribution in [-0.4, -0.2) is 103 Å². The number of allylic oxidation sites excluding steroid dienone is 4. The summed E-state index contributed by atoms with van der Waals surface area (Å²) in [4.78, 5) is 88.4. The van der Waals surface area contributed by atoms with Crippen LogP contribution < -0.4 is 21.3 Å². The van der Waals surface area contributed by atoms with E-state index in [-0.39, 0.29) is 63.5 Å². The molecule has 4 N–H and O–H groups in total. The van der Waals surface area contributed by atoms with Gasteiger partial charge in [-0.15, -0.1) is 0 Å². The Morgan fingerprint density at radius 3 is 1.32 bits per heavy atom. The second-order valence-electron chi connectivity index (χ2n) is 22.6. The summed E-state index contributed by atoms with van der Waals surface area (Å²) in [6.07, 6.45) is 37.5. The summed E-state index contributed by atoms with van der Waals surface area (Å²) in [5.74, 6) is -1.05. The van der Waals surface area contributed by atoms with Gasteiger partial charge in [0.15, 0.2) is 0 Å². The highest BCUT2D eigenvalue weighted by Crippen LogP contribution is 2.20. The maximum atomic E-state index is 13.0. The van der Waals surface area contributed by atoms with Gasteiger partial charge in [0.1, 0.15) is 17.2 Å². The van der Waals surface area contributed by atoms with Crippen LogP contribution in [-0.2, 0) is 47.7 Å². The van der Waals surface area contributed by atoms with Crippen molar-refractivity contribution in [1.82, 2.24) is 21.3 Å². The third-order valence-electron chi connectivity index (χ3n) is 12.4. The van der Waals surface area contributed by atoms with Gasteiger partial charge in [0.05, 0.1) is 19.4 Å². The smallest absolute Gasteiger partial charge is 0.408 e. The van der Waals surface area contributed by atoms with Crippen molar-refractivity contribution < 1.29 is 57.2 Å². The van der Waals surface area contributed by atoms with Gasteiger partial charge in [-0.05, 0) is 119 Å². The minimum Gasteiger partial charge on any atom is -0.465 e. The van der Waals surface area contributed by atoms with Crippen molar-refractivity contribution in [2.24, 2.45) is 0 Å². The molecule has 0 rings (SSSR count). The molecular weight excluding hydrogens is 1060 g/mol. The number of hydrogen-bond acceptors (Lipinski definition) is 14. The fourth-order valence-corrected chi connectivity index (χ4v) is 9.91. The molecule has 4 amide bonds. The average Bonchev–Trinajstić information content (AvgIpc) is 3.38. The Labute approximate surface area is 492 Å². The van der Waals surface area contributed by atoms with E-state index < -0.39 is 53.6 Å². The number of unbranched alkanes of at least 4 members (excludes halogenated alkanes) is 22. The van der Waals surface area contributed by atoms with Gasteiger partial charge in [0.2, 0.25) is 11.8 Å². The molecule has 0 spiro atoms. The zero-order valence-corrected chi connectivity index (χ0v) is 52.9. The van der Waals surface area contributed by atoms with Crippen molar-refractivity contribution in [2.45, 2.75) is 291 Å². The largest absolute Gasteiger partial charge is 0.465 e. The van der Waals surface area contributed by atoms with Gasteiger partial charge < -0.3 is 45.0 Å². The van der Waals surface area contributed by atoms with Gasteiger partial charge in [0.25, 0.3) is 6.29 Å². The van der Waals surface area contributed by atoms with Crippen molar-refractivity contribution >= 4 is 63.5 Å². The van der Waals surface area contributed by atoms with E-state index in [9.17, 15) is 33.6 Å². The van der Waals surface area contributed by atoms with Crippen LogP contribution in [0.4, 0.5) is 9.59 Å². The van der Waals surface area contributed by atoms with E-state index in [4.69, 9.17) is 23.7 Å². The molecule has 0 aromatic heterocycles. The lowest BCUT2D eigenvalue weighted by Crippen LogP contribution is -2.48. The van der Waals surface area contributed by atoms with Crippen molar-refractivity contribution in [2.75, 3.05) is 37.7 Å². The van der Waals surface area contributed by atoms with Gasteiger partial charge >= 0.3 is 30.1 Å². The number of rotatable bonds is 51. The maximum absolute atomic E-state index is 13.0. The molecule has 0 bridgehead atoms. The highest BCUT2D eigenvalue weighted by atomic mass is 33.1. The van der Waals surface area contributed by atoms with Gasteiger partial charge in [-0.3, -0.25) is 24.0 Å². The van der Waals surface area contributed by atoms with Gasteiger partial charge in [0, 0.05) is 50.4 Å². The number of amides is 4. The number of nitrogens with one attached hydrogen (secondary N) is 4. The second kappa shape index (κ2) is 51.9. The Kier molecular flexibility index (Phi) is 49.4. The van der Waals surface area contributed by atoms with Crippen LogP contribution in [0.2, 0.25) is 0 Å². The highest BCUT2D eigenvalue weighted by molar-refractivity contribution is 8.76. The molecule has 80 heavy (non-hydrogen) atoms. The summed E-state index contributed by atoms with van der Waals surface area (Å²) in [6, 6.07) is -0.879. The fraction of sp³-hybridized carbons (Fsp3) is 0.823. The molecule has 1 unspecified atom stereocenters. The third kappa shape index (κ3) is 54.6. The quantitative estimate of drug-likeness (QED) is 0.0111. The summed E-state index contributed by atoms with van der Waals surface area (Å²) in [5.41, 5.74) is -1.39. The molecule has 0 aliphatic rings. The third-order valence-corrected chi connectivity index (χ3v) is 14.8. The van der Waals surface area contributed by atoms with E-state index in [0.29, 0.717) is 43.9 Å². The van der Waals surface area contributed by atoms with E-state index in [2.05, 4.69) is 59.4 Å². The first-order valence-electron chi connectivity index (χ1n) is 30.9. The number of hydrogen-bond donors (Lipinski definition) is 4. The van der Waals surface area contributed by atoms with Crippen LogP contribution in [0.1, 0.15) is 267 Å². The minimum atomic E-state index is -1.17. The van der Waals surface area contributed by atoms with E-state index in [1.54, 1.807) is 41.5 Å². The maximum Gasteiger partial charge on any atom is 0.408 e. The lowest BCUT2D eigenvalue weighted by molar-refractivity contribution is -0.191. The summed E-state index contributed by atoms with van der Waals surface area (Å²) in [5, 5.41) is 10.9. The zero-order valence-electron chi connectivity index (χ0n) is 51.3. The molecule has 0 saturated carbocycles. The Morgan fingerprint density at radius 2 is 0.863 bits per heavy atom. The Bertz CT molecular complexity index is 1630. The average molecular weight is 1170 g/mol. The van der Waals surface area contributed by atoms with Crippen molar-refractivity contribution in [3.8, 4) is 0 Å². The molecule has 0 aliphatic carbocycles. The molecule has 0 radical (unpaired) electrons. The van der Waals surface area contributed by atoms with Crippen molar-refractivity contribution in [3.05, 3.63) is 24.3 Å². The molecule has 0 aliphatic heterocycles. The van der Waals surface area contributed by atoms with Crippen LogP contribution >= 0.6 is 21.6 Å². The second-order valence-corrected chi connectivity index (χ2v) is 25.3. The van der Waals surface area contributed by atoms with Gasteiger partial charge in [-0.1, -0.05) is 162 Å². The Morgan fingerprint density at radius 1 is 0.438 bits per heavy atom. The molecule has 16 nitrogen and oxygen atoms in total. The van der Waals surface area contributed by atoms with Crippen LogP contribution in [0, 0.1) is 0 Å². The first-order valence-corrected chi connectivity index (χ1v) is 33.4. The van der Waals surface area contributed by atoms with Crippen LogP contribution in [0.15, 0.2) is 24.3 Å². The summed E-state index contributed by atoms with van der Waals surface area (Å²) in [7, 11) is 3.01. The lowest BCUT2D eigenvalue weighted by atomic mass is 10.1. The molecule has 1 atom stereocenters. The lowest BCUT2D eigenvalue weighted by Gasteiger charge is -2.23. The van der Waals surface area contributed by atoms with Crippen LogP contribution in [0.3, 0.4) is 0 Å². The van der Waals surface area contributed by atoms with E-state index in [1.165, 1.54) is 98.6 Å². The standard InChI is InChI=1S/C62H112N4O12S2/c1-9-11-13-15-17-19-21-23-25-27-29-31-33-35-37-41-55(69)75-57(76-56(70)42-38-36-34-32-30-28-26-24-22-20-18-16-14-12-10-2)45-49-74-54(68)44-43-53(67)63-47-50-79-80-51-48-64-58(71)52(66-60(73)78-62(6,7)8)40-39-46-65-59(72)77-61(3,4)5/h23-26,52,57H,9-22,27-51H2,1-8H3,(H,63,67)(H,64,71)(H,65,72)(H,66,73)/b25-23-,26-24-. The summed E-state index contributed by atoms with van der Waals surface area (Å²) < 4.78 is 27.2. The van der Waals surface area contributed by atoms with Crippen LogP contribution in [0.25, 0.3) is 0 Å². The normalized spacial score (nSPS) is 12.1. The van der Waals surface area contributed by atoms with E-state index in [0.717, 1.165) is 77.0 Å². The summed E-state index contributed by atoms with van der Waals surface area (Å²) >= 11 is 0. The number of esters is 3. The van der Waals surface area contributed by atoms with Gasteiger partial charge in [-0.25, -0.2) is 9.59 Å². The number of alkyl carbamates (subject to hydrolysis) is 2. The number of carbonyl (C=O) groups is 7. The molecular formula is C62H112N4O12S2. The highest BCUT2D eigenvalue weighted by Gasteiger charge is 2.25. The van der Waals surface area contributed by atoms with E-state index >= 15 is 0 Å². The Balaban J connectivity index is 4.73. The van der Waals surface area contributed by atoms with Crippen molar-refractivity contribution in [3.63, 3.8) is 0 Å². The molecule has 464 valence electrons. The van der Waals surface area contributed by atoms with E-state index in [1.807, 2.05) is 0 Å². The first kappa shape index (κ1) is 76.1. The zero-order chi connectivity index (χ0) is 59.4. The monoisotopic (exact) mass is 1170 g/mol. The molecule has 0 aromatic carbocycles. The topological polar surface area (TPSA) is 214 Å². The Hall–Kier alpha value is -3.93. The predicted octanol–water partition coefficient (Wildman–Crippen LogP) is 15.0. The van der Waals surface area contributed by atoms with Crippen LogP contribution in [0.5, 0.6) is 0 Å².